The van der Waals surface area contributed by atoms with Gasteiger partial charge in [0.25, 0.3) is 0 Å². The SMILES string of the molecule is C[C@@H](COc1ccnc2c1[C@H](C)CCC2)C[C@H]1Cc2cc3c(cc2C12CCC(Nc1cccc(Cl)c1)(C(=O)O)CC2)OCC(CN(C)C1(C)COC1)CO3. The molecule has 8 rings (SSSR count). The van der Waals surface area contributed by atoms with E-state index >= 15 is 0 Å². The second-order valence-electron chi connectivity index (χ2n) is 17.5. The van der Waals surface area contributed by atoms with Crippen LogP contribution in [0.2, 0.25) is 5.02 Å². The van der Waals surface area contributed by atoms with Crippen LogP contribution in [0.25, 0.3) is 0 Å². The number of anilines is 1. The lowest BCUT2D eigenvalue weighted by atomic mass is 9.59. The molecule has 9 nitrogen and oxygen atoms in total. The van der Waals surface area contributed by atoms with Gasteiger partial charge in [0.2, 0.25) is 0 Å². The lowest BCUT2D eigenvalue weighted by molar-refractivity contribution is -0.144. The Morgan fingerprint density at radius 3 is 2.57 bits per heavy atom. The molecule has 1 unspecified atom stereocenters. The van der Waals surface area contributed by atoms with E-state index in [4.69, 9.17) is 30.5 Å². The molecule has 0 radical (unpaired) electrons. The lowest BCUT2D eigenvalue weighted by Gasteiger charge is -2.47. The molecule has 4 atom stereocenters. The number of carboxylic acid groups (broad SMARTS) is 1. The number of hydrogen-bond acceptors (Lipinski definition) is 8. The van der Waals surface area contributed by atoms with Crippen molar-refractivity contribution in [1.82, 2.24) is 9.88 Å². The van der Waals surface area contributed by atoms with Crippen molar-refractivity contribution in [3.05, 3.63) is 76.1 Å². The minimum Gasteiger partial charge on any atom is -0.493 e. The van der Waals surface area contributed by atoms with Gasteiger partial charge < -0.3 is 29.4 Å². The van der Waals surface area contributed by atoms with Crippen LogP contribution in [0.4, 0.5) is 5.69 Å². The average Bonchev–Trinajstić information content (AvgIpc) is 3.26. The van der Waals surface area contributed by atoms with Gasteiger partial charge in [-0.2, -0.15) is 0 Å². The molecule has 1 saturated carbocycles. The maximum atomic E-state index is 13.1. The zero-order valence-corrected chi connectivity index (χ0v) is 33.1. The number of likely N-dealkylation sites (N-methyl/N-ethyl adjacent to an activating group) is 1. The van der Waals surface area contributed by atoms with Gasteiger partial charge in [-0.25, -0.2) is 4.79 Å². The Balaban J connectivity index is 1.04. The molecule has 290 valence electrons. The Hall–Kier alpha value is -3.53. The second-order valence-corrected chi connectivity index (χ2v) is 17.9. The maximum Gasteiger partial charge on any atom is 0.329 e. The van der Waals surface area contributed by atoms with Crippen LogP contribution in [-0.4, -0.2) is 78.7 Å². The van der Waals surface area contributed by atoms with Gasteiger partial charge in [0.15, 0.2) is 11.5 Å². The minimum atomic E-state index is -1.08. The Labute approximate surface area is 325 Å². The molecule has 3 heterocycles. The molecular weight excluding hydrogens is 702 g/mol. The highest BCUT2D eigenvalue weighted by atomic mass is 35.5. The van der Waals surface area contributed by atoms with Crippen LogP contribution in [0.3, 0.4) is 0 Å². The first kappa shape index (κ1) is 37.4. The molecule has 1 saturated heterocycles. The van der Waals surface area contributed by atoms with E-state index in [-0.39, 0.29) is 16.9 Å². The zero-order chi connectivity index (χ0) is 37.7. The molecule has 5 aliphatic rings. The van der Waals surface area contributed by atoms with Crippen LogP contribution >= 0.6 is 11.6 Å². The molecule has 2 fully saturated rings. The number of pyridine rings is 1. The van der Waals surface area contributed by atoms with Crippen LogP contribution < -0.4 is 19.5 Å². The summed E-state index contributed by atoms with van der Waals surface area (Å²) in [5, 5.41) is 14.7. The predicted molar refractivity (Wildman–Crippen MR) is 210 cm³/mol. The first-order valence-electron chi connectivity index (χ1n) is 20.1. The smallest absolute Gasteiger partial charge is 0.329 e. The maximum absolute atomic E-state index is 13.1. The van der Waals surface area contributed by atoms with Gasteiger partial charge >= 0.3 is 5.97 Å². The van der Waals surface area contributed by atoms with Crippen molar-refractivity contribution in [3.63, 3.8) is 0 Å². The molecule has 0 amide bonds. The first-order chi connectivity index (χ1) is 26.0. The Morgan fingerprint density at radius 1 is 1.11 bits per heavy atom. The summed E-state index contributed by atoms with van der Waals surface area (Å²) in [5.74, 6) is 3.09. The van der Waals surface area contributed by atoms with Crippen molar-refractivity contribution < 1.29 is 28.8 Å². The highest BCUT2D eigenvalue weighted by Gasteiger charge is 2.54. The molecule has 1 aromatic heterocycles. The van der Waals surface area contributed by atoms with Gasteiger partial charge in [-0.3, -0.25) is 9.88 Å². The lowest BCUT2D eigenvalue weighted by Crippen LogP contribution is -2.60. The van der Waals surface area contributed by atoms with Crippen LogP contribution in [-0.2, 0) is 27.8 Å². The molecule has 2 aromatic carbocycles. The molecule has 10 heteroatoms. The monoisotopic (exact) mass is 757 g/mol. The summed E-state index contributed by atoms with van der Waals surface area (Å²) in [6.07, 6.45) is 9.66. The number of benzene rings is 2. The minimum absolute atomic E-state index is 0.0633. The molecule has 2 aliphatic heterocycles. The largest absolute Gasteiger partial charge is 0.493 e. The number of carbonyl (C=O) groups is 1. The number of fused-ring (bicyclic) bond motifs is 4. The molecule has 0 bridgehead atoms. The molecule has 3 aromatic rings. The van der Waals surface area contributed by atoms with Crippen molar-refractivity contribution in [2.45, 2.75) is 101 Å². The molecular formula is C44H56ClN3O6. The third-order valence-corrected chi connectivity index (χ3v) is 13.8. The normalized spacial score (nSPS) is 28.7. The topological polar surface area (TPSA) is 102 Å². The number of carboxylic acids is 1. The van der Waals surface area contributed by atoms with E-state index in [2.05, 4.69) is 55.2 Å². The van der Waals surface area contributed by atoms with Gasteiger partial charge in [0, 0.05) is 40.6 Å². The predicted octanol–water partition coefficient (Wildman–Crippen LogP) is 8.31. The van der Waals surface area contributed by atoms with Crippen molar-refractivity contribution in [2.75, 3.05) is 51.9 Å². The number of aromatic nitrogens is 1. The van der Waals surface area contributed by atoms with E-state index in [1.807, 2.05) is 36.5 Å². The summed E-state index contributed by atoms with van der Waals surface area (Å²) in [7, 11) is 2.16. The van der Waals surface area contributed by atoms with Crippen molar-refractivity contribution in [3.8, 4) is 17.2 Å². The van der Waals surface area contributed by atoms with Crippen molar-refractivity contribution >= 4 is 23.3 Å². The highest BCUT2D eigenvalue weighted by molar-refractivity contribution is 6.30. The second kappa shape index (κ2) is 14.8. The number of ether oxygens (including phenoxy) is 4. The summed E-state index contributed by atoms with van der Waals surface area (Å²) in [6.45, 7) is 11.0. The average molecular weight is 758 g/mol. The number of halogens is 1. The van der Waals surface area contributed by atoms with E-state index in [0.29, 0.717) is 55.4 Å². The molecule has 54 heavy (non-hydrogen) atoms. The summed E-state index contributed by atoms with van der Waals surface area (Å²) < 4.78 is 25.2. The van der Waals surface area contributed by atoms with Crippen LogP contribution in [0.5, 0.6) is 17.2 Å². The summed E-state index contributed by atoms with van der Waals surface area (Å²) in [4.78, 5) is 20.1. The van der Waals surface area contributed by atoms with Gasteiger partial charge in [-0.05, 0) is 142 Å². The quantitative estimate of drug-likeness (QED) is 0.200. The standard InChI is InChI=1S/C44H56ClN3O6/c1-28(23-52-37-11-16-46-36-10-5-7-29(2)40(36)37)17-32-18-31-19-38-39(54-25-30(24-53-38)22-48(4)42(3)26-51-27-42)21-35(31)43(32)12-14-44(15-13-43,41(49)50)47-34-9-6-8-33(45)20-34/h6,8-9,11,16,19-21,28-30,32,47H,5,7,10,12-15,17-18,22-27H2,1-4H3,(H,49,50)/t28-,29-,30?,32+,43?,44?/m1/s1. The summed E-state index contributed by atoms with van der Waals surface area (Å²) >= 11 is 6.32. The Kier molecular flexibility index (Phi) is 10.3. The van der Waals surface area contributed by atoms with E-state index in [1.54, 1.807) is 0 Å². The van der Waals surface area contributed by atoms with Gasteiger partial charge in [0.1, 0.15) is 11.3 Å². The van der Waals surface area contributed by atoms with E-state index in [0.717, 1.165) is 74.8 Å². The number of rotatable bonds is 11. The fourth-order valence-corrected chi connectivity index (χ4v) is 10.3. The fraction of sp³-hybridized carbons (Fsp3) is 0.591. The highest BCUT2D eigenvalue weighted by Crippen LogP contribution is 2.58. The number of nitrogens with zero attached hydrogens (tertiary/aromatic N) is 2. The molecule has 1 spiro atoms. The Morgan fingerprint density at radius 2 is 1.87 bits per heavy atom. The molecule has 3 aliphatic carbocycles. The van der Waals surface area contributed by atoms with Crippen molar-refractivity contribution in [2.24, 2.45) is 17.8 Å². The van der Waals surface area contributed by atoms with Gasteiger partial charge in [-0.15, -0.1) is 0 Å². The van der Waals surface area contributed by atoms with E-state index < -0.39 is 11.5 Å². The van der Waals surface area contributed by atoms with Crippen LogP contribution in [0, 0.1) is 17.8 Å². The number of nitrogens with one attached hydrogen (secondary N) is 1. The molecule has 2 N–H and O–H groups in total. The number of hydrogen-bond donors (Lipinski definition) is 2. The van der Waals surface area contributed by atoms with Crippen molar-refractivity contribution in [1.29, 1.82) is 0 Å². The van der Waals surface area contributed by atoms with Gasteiger partial charge in [0.05, 0.1) is 38.6 Å². The third kappa shape index (κ3) is 7.05. The third-order valence-electron chi connectivity index (χ3n) is 13.6. The van der Waals surface area contributed by atoms with Gasteiger partial charge in [-0.1, -0.05) is 31.5 Å². The Bertz CT molecular complexity index is 1860. The van der Waals surface area contributed by atoms with Crippen LogP contribution in [0.1, 0.15) is 94.0 Å². The summed E-state index contributed by atoms with van der Waals surface area (Å²) in [5.41, 5.74) is 4.60. The van der Waals surface area contributed by atoms with E-state index in [1.165, 1.54) is 35.2 Å². The number of aliphatic carboxylic acids is 1. The zero-order valence-electron chi connectivity index (χ0n) is 32.3. The first-order valence-corrected chi connectivity index (χ1v) is 20.4. The van der Waals surface area contributed by atoms with Crippen LogP contribution in [0.15, 0.2) is 48.7 Å². The number of aryl methyl sites for hydroxylation is 1. The van der Waals surface area contributed by atoms with E-state index in [9.17, 15) is 9.90 Å². The fourth-order valence-electron chi connectivity index (χ4n) is 10.1. The summed E-state index contributed by atoms with van der Waals surface area (Å²) in [6, 6.07) is 13.9.